The van der Waals surface area contributed by atoms with Crippen molar-refractivity contribution < 1.29 is 9.53 Å². The van der Waals surface area contributed by atoms with Gasteiger partial charge >= 0.3 is 0 Å². The third-order valence-electron chi connectivity index (χ3n) is 3.99. The minimum atomic E-state index is -0.454. The Bertz CT molecular complexity index is 835. The highest BCUT2D eigenvalue weighted by atomic mass is 16.5. The summed E-state index contributed by atoms with van der Waals surface area (Å²) in [4.78, 5) is 32.1. The summed E-state index contributed by atoms with van der Waals surface area (Å²) in [5.41, 5.74) is 0.561. The van der Waals surface area contributed by atoms with E-state index in [-0.39, 0.29) is 17.0 Å². The molecular weight excluding hydrogens is 318 g/mol. The van der Waals surface area contributed by atoms with Crippen molar-refractivity contribution in [3.8, 4) is 5.75 Å². The monoisotopic (exact) mass is 343 g/mol. The van der Waals surface area contributed by atoms with E-state index in [0.29, 0.717) is 17.3 Å². The van der Waals surface area contributed by atoms with Gasteiger partial charge in [0.1, 0.15) is 17.1 Å². The number of para-hydroxylation sites is 1. The fourth-order valence-corrected chi connectivity index (χ4v) is 2.58. The first-order chi connectivity index (χ1) is 11.6. The standard InChI is InChI=1S/C19H25N3O3/c1-11(13-9-7-8-10-14(13)25-6)20-16(23)15-12(2)21-18(19(3,4)5)22-17(15)24/h7-11H,1-6H3,(H,20,23)(H,21,22,24). The molecule has 1 unspecified atom stereocenters. The van der Waals surface area contributed by atoms with Crippen molar-refractivity contribution in [2.45, 2.75) is 46.1 Å². The zero-order chi connectivity index (χ0) is 18.8. The molecule has 2 rings (SSSR count). The largest absolute Gasteiger partial charge is 0.496 e. The topological polar surface area (TPSA) is 84.1 Å². The molecule has 2 N–H and O–H groups in total. The van der Waals surface area contributed by atoms with Crippen LogP contribution in [0.4, 0.5) is 0 Å². The number of carbonyl (C=O) groups is 1. The van der Waals surface area contributed by atoms with E-state index in [1.54, 1.807) is 14.0 Å². The Morgan fingerprint density at radius 3 is 2.48 bits per heavy atom. The lowest BCUT2D eigenvalue weighted by Gasteiger charge is -2.20. The summed E-state index contributed by atoms with van der Waals surface area (Å²) >= 11 is 0. The van der Waals surface area contributed by atoms with Gasteiger partial charge in [-0.05, 0) is 19.9 Å². The molecule has 0 radical (unpaired) electrons. The molecule has 0 bridgehead atoms. The molecule has 1 heterocycles. The number of H-pyrrole nitrogens is 1. The number of aromatic nitrogens is 2. The lowest BCUT2D eigenvalue weighted by molar-refractivity contribution is 0.0936. The second kappa shape index (κ2) is 7.09. The number of aromatic amines is 1. The summed E-state index contributed by atoms with van der Waals surface area (Å²) in [7, 11) is 1.58. The third kappa shape index (κ3) is 4.07. The second-order valence-electron chi connectivity index (χ2n) is 7.06. The SMILES string of the molecule is COc1ccccc1C(C)NC(=O)c1c(C)nc(C(C)(C)C)[nH]c1=O. The fraction of sp³-hybridized carbons (Fsp3) is 0.421. The van der Waals surface area contributed by atoms with E-state index in [9.17, 15) is 9.59 Å². The number of rotatable bonds is 4. The zero-order valence-electron chi connectivity index (χ0n) is 15.6. The second-order valence-corrected chi connectivity index (χ2v) is 7.06. The number of methoxy groups -OCH3 is 1. The number of hydrogen-bond donors (Lipinski definition) is 2. The van der Waals surface area contributed by atoms with Crippen molar-refractivity contribution in [1.29, 1.82) is 0 Å². The molecule has 0 spiro atoms. The van der Waals surface area contributed by atoms with Gasteiger partial charge in [0.15, 0.2) is 0 Å². The van der Waals surface area contributed by atoms with Crippen LogP contribution in [-0.4, -0.2) is 23.0 Å². The van der Waals surface area contributed by atoms with Gasteiger partial charge in [0.05, 0.1) is 18.8 Å². The van der Waals surface area contributed by atoms with Crippen LogP contribution in [0, 0.1) is 6.92 Å². The van der Waals surface area contributed by atoms with Gasteiger partial charge in [0.25, 0.3) is 11.5 Å². The van der Waals surface area contributed by atoms with E-state index in [4.69, 9.17) is 4.74 Å². The summed E-state index contributed by atoms with van der Waals surface area (Å²) in [6.07, 6.45) is 0. The molecule has 6 nitrogen and oxygen atoms in total. The molecule has 6 heteroatoms. The molecule has 0 aliphatic heterocycles. The predicted octanol–water partition coefficient (Wildman–Crippen LogP) is 2.88. The van der Waals surface area contributed by atoms with Gasteiger partial charge in [-0.15, -0.1) is 0 Å². The van der Waals surface area contributed by atoms with Gasteiger partial charge in [-0.3, -0.25) is 9.59 Å². The van der Waals surface area contributed by atoms with E-state index in [0.717, 1.165) is 5.56 Å². The van der Waals surface area contributed by atoms with E-state index < -0.39 is 11.5 Å². The van der Waals surface area contributed by atoms with E-state index in [2.05, 4.69) is 15.3 Å². The van der Waals surface area contributed by atoms with Gasteiger partial charge in [0, 0.05) is 11.0 Å². The molecule has 1 aromatic heterocycles. The van der Waals surface area contributed by atoms with Crippen LogP contribution in [-0.2, 0) is 5.41 Å². The van der Waals surface area contributed by atoms with Crippen molar-refractivity contribution in [2.75, 3.05) is 7.11 Å². The Labute approximate surface area is 147 Å². The Hall–Kier alpha value is -2.63. The number of carbonyl (C=O) groups excluding carboxylic acids is 1. The lowest BCUT2D eigenvalue weighted by Crippen LogP contribution is -2.35. The zero-order valence-corrected chi connectivity index (χ0v) is 15.6. The van der Waals surface area contributed by atoms with E-state index in [1.165, 1.54) is 0 Å². The van der Waals surface area contributed by atoms with Crippen LogP contribution in [0.25, 0.3) is 0 Å². The van der Waals surface area contributed by atoms with Crippen LogP contribution in [0.3, 0.4) is 0 Å². The molecular formula is C19H25N3O3. The maximum atomic E-state index is 12.6. The van der Waals surface area contributed by atoms with Gasteiger partial charge in [-0.2, -0.15) is 0 Å². The summed E-state index contributed by atoms with van der Waals surface area (Å²) < 4.78 is 5.32. The quantitative estimate of drug-likeness (QED) is 0.894. The Kier molecular flexibility index (Phi) is 5.30. The van der Waals surface area contributed by atoms with Crippen LogP contribution in [0.5, 0.6) is 5.75 Å². The van der Waals surface area contributed by atoms with Crippen molar-refractivity contribution in [3.05, 3.63) is 57.3 Å². The van der Waals surface area contributed by atoms with Gasteiger partial charge in [-0.25, -0.2) is 4.98 Å². The normalized spacial score (nSPS) is 12.6. The number of benzene rings is 1. The highest BCUT2D eigenvalue weighted by Gasteiger charge is 2.23. The molecule has 134 valence electrons. The maximum absolute atomic E-state index is 12.6. The van der Waals surface area contributed by atoms with Gasteiger partial charge < -0.3 is 15.0 Å². The summed E-state index contributed by atoms with van der Waals surface area (Å²) in [6.45, 7) is 9.38. The van der Waals surface area contributed by atoms with Gasteiger partial charge in [0.2, 0.25) is 0 Å². The third-order valence-corrected chi connectivity index (χ3v) is 3.99. The predicted molar refractivity (Wildman–Crippen MR) is 97.2 cm³/mol. The highest BCUT2D eigenvalue weighted by molar-refractivity contribution is 5.95. The first kappa shape index (κ1) is 18.7. The Morgan fingerprint density at radius 1 is 1.28 bits per heavy atom. The minimum absolute atomic E-state index is 0.0368. The number of aryl methyl sites for hydroxylation is 1. The van der Waals surface area contributed by atoms with Crippen molar-refractivity contribution in [2.24, 2.45) is 0 Å². The maximum Gasteiger partial charge on any atom is 0.264 e. The molecule has 0 fully saturated rings. The van der Waals surface area contributed by atoms with Crippen LogP contribution >= 0.6 is 0 Å². The average molecular weight is 343 g/mol. The number of hydrogen-bond acceptors (Lipinski definition) is 4. The molecule has 0 saturated heterocycles. The van der Waals surface area contributed by atoms with Crippen LogP contribution in [0.2, 0.25) is 0 Å². The number of amides is 1. The molecule has 0 saturated carbocycles. The van der Waals surface area contributed by atoms with Crippen molar-refractivity contribution in [1.82, 2.24) is 15.3 Å². The van der Waals surface area contributed by atoms with Crippen molar-refractivity contribution in [3.63, 3.8) is 0 Å². The molecule has 1 amide bonds. The van der Waals surface area contributed by atoms with E-state index >= 15 is 0 Å². The van der Waals surface area contributed by atoms with Crippen LogP contribution < -0.4 is 15.6 Å². The molecule has 0 aliphatic rings. The first-order valence-electron chi connectivity index (χ1n) is 8.20. The molecule has 2 aromatic rings. The summed E-state index contributed by atoms with van der Waals surface area (Å²) in [5, 5.41) is 2.85. The minimum Gasteiger partial charge on any atom is -0.496 e. The van der Waals surface area contributed by atoms with Crippen LogP contribution in [0.15, 0.2) is 29.1 Å². The highest BCUT2D eigenvalue weighted by Crippen LogP contribution is 2.24. The average Bonchev–Trinajstić information content (AvgIpc) is 2.53. The molecule has 25 heavy (non-hydrogen) atoms. The number of ether oxygens (including phenoxy) is 1. The Balaban J connectivity index is 2.31. The molecule has 1 aromatic carbocycles. The number of nitrogens with one attached hydrogen (secondary N) is 2. The lowest BCUT2D eigenvalue weighted by atomic mass is 9.95. The number of nitrogens with zero attached hydrogens (tertiary/aromatic N) is 1. The van der Waals surface area contributed by atoms with Crippen LogP contribution in [0.1, 0.15) is 61.2 Å². The first-order valence-corrected chi connectivity index (χ1v) is 8.20. The molecule has 1 atom stereocenters. The van der Waals surface area contributed by atoms with E-state index in [1.807, 2.05) is 52.0 Å². The Morgan fingerprint density at radius 2 is 1.92 bits per heavy atom. The van der Waals surface area contributed by atoms with Gasteiger partial charge in [-0.1, -0.05) is 39.0 Å². The van der Waals surface area contributed by atoms with Crippen molar-refractivity contribution >= 4 is 5.91 Å². The summed E-state index contributed by atoms with van der Waals surface area (Å²) in [5.74, 6) is 0.788. The molecule has 0 aliphatic carbocycles. The smallest absolute Gasteiger partial charge is 0.264 e. The summed E-state index contributed by atoms with van der Waals surface area (Å²) in [6, 6.07) is 7.13. The fourth-order valence-electron chi connectivity index (χ4n) is 2.58.